The number of hydrogen-bond donors (Lipinski definition) is 0. The fourth-order valence-electron chi connectivity index (χ4n) is 3.10. The Bertz CT molecular complexity index is 680. The van der Waals surface area contributed by atoms with Gasteiger partial charge in [-0.15, -0.1) is 0 Å². The van der Waals surface area contributed by atoms with Gasteiger partial charge in [0.2, 0.25) is 0 Å². The molecule has 24 heavy (non-hydrogen) atoms. The van der Waals surface area contributed by atoms with E-state index in [-0.39, 0.29) is 5.92 Å². The Morgan fingerprint density at radius 2 is 1.96 bits per heavy atom. The first-order valence-corrected chi connectivity index (χ1v) is 9.43. The predicted molar refractivity (Wildman–Crippen MR) is 97.1 cm³/mol. The molecule has 1 aliphatic rings. The van der Waals surface area contributed by atoms with E-state index in [0.29, 0.717) is 36.2 Å². The summed E-state index contributed by atoms with van der Waals surface area (Å²) in [6.45, 7) is 1.64. The molecule has 0 spiro atoms. The van der Waals surface area contributed by atoms with Crippen molar-refractivity contribution in [3.63, 3.8) is 0 Å². The minimum atomic E-state index is -0.695. The van der Waals surface area contributed by atoms with Crippen molar-refractivity contribution in [3.8, 4) is 0 Å². The van der Waals surface area contributed by atoms with Crippen LogP contribution >= 0.6 is 22.6 Å². The van der Waals surface area contributed by atoms with Crippen LogP contribution in [-0.4, -0.2) is 17.6 Å². The maximum Gasteiger partial charge on any atom is 0.132 e. The van der Waals surface area contributed by atoms with E-state index in [1.807, 2.05) is 30.3 Å². The molecule has 0 aromatic heterocycles. The molecule has 0 radical (unpaired) electrons. The zero-order valence-electron chi connectivity index (χ0n) is 13.2. The molecular weight excluding hydrogens is 425 g/mol. The van der Waals surface area contributed by atoms with Crippen LogP contribution in [0.25, 0.3) is 0 Å². The minimum Gasteiger partial charge on any atom is -0.376 e. The van der Waals surface area contributed by atoms with Gasteiger partial charge in [0.25, 0.3) is 0 Å². The van der Waals surface area contributed by atoms with Crippen LogP contribution in [0, 0.1) is 17.6 Å². The Kier molecular flexibility index (Phi) is 5.84. The van der Waals surface area contributed by atoms with Gasteiger partial charge < -0.3 is 9.47 Å². The van der Waals surface area contributed by atoms with E-state index in [9.17, 15) is 8.78 Å². The van der Waals surface area contributed by atoms with Crippen molar-refractivity contribution in [2.24, 2.45) is 5.92 Å². The van der Waals surface area contributed by atoms with Gasteiger partial charge in [0.05, 0.1) is 19.8 Å². The molecule has 1 saturated heterocycles. The number of rotatable bonds is 6. The smallest absolute Gasteiger partial charge is 0.132 e. The number of benzene rings is 2. The molecule has 0 bridgehead atoms. The summed E-state index contributed by atoms with van der Waals surface area (Å²) in [5.41, 5.74) is 0.865. The second-order valence-electron chi connectivity index (χ2n) is 6.13. The molecule has 1 heterocycles. The molecule has 1 fully saturated rings. The highest BCUT2D eigenvalue weighted by molar-refractivity contribution is 14.1. The molecule has 2 nitrogen and oxygen atoms in total. The first kappa shape index (κ1) is 17.8. The fourth-order valence-corrected chi connectivity index (χ4v) is 4.04. The quantitative estimate of drug-likeness (QED) is 0.469. The SMILES string of the molecule is Fc1ccc([C@@]2(CI)C[C@H](COCc3ccccc3)CO2)c(F)c1. The molecule has 0 aliphatic carbocycles. The first-order chi connectivity index (χ1) is 11.6. The monoisotopic (exact) mass is 444 g/mol. The van der Waals surface area contributed by atoms with Crippen LogP contribution in [0.1, 0.15) is 17.5 Å². The Morgan fingerprint density at radius 1 is 1.17 bits per heavy atom. The van der Waals surface area contributed by atoms with Crippen LogP contribution in [0.15, 0.2) is 48.5 Å². The van der Waals surface area contributed by atoms with Crippen molar-refractivity contribution in [3.05, 3.63) is 71.3 Å². The van der Waals surface area contributed by atoms with Crippen LogP contribution in [0.2, 0.25) is 0 Å². The lowest BCUT2D eigenvalue weighted by Crippen LogP contribution is -2.28. The predicted octanol–water partition coefficient (Wildman–Crippen LogP) is 4.85. The topological polar surface area (TPSA) is 18.5 Å². The Balaban J connectivity index is 1.62. The van der Waals surface area contributed by atoms with Crippen LogP contribution in [0.3, 0.4) is 0 Å². The van der Waals surface area contributed by atoms with Crippen molar-refractivity contribution < 1.29 is 18.3 Å². The Labute approximate surface area is 154 Å². The van der Waals surface area contributed by atoms with E-state index < -0.39 is 17.2 Å². The third kappa shape index (κ3) is 3.95. The van der Waals surface area contributed by atoms with Gasteiger partial charge in [-0.3, -0.25) is 0 Å². The maximum atomic E-state index is 14.2. The molecule has 0 saturated carbocycles. The maximum absolute atomic E-state index is 14.2. The summed E-state index contributed by atoms with van der Waals surface area (Å²) in [4.78, 5) is 0. The summed E-state index contributed by atoms with van der Waals surface area (Å²) in [7, 11) is 0. The lowest BCUT2D eigenvalue weighted by Gasteiger charge is -2.27. The molecule has 0 unspecified atom stereocenters. The second-order valence-corrected chi connectivity index (χ2v) is 6.90. The number of hydrogen-bond acceptors (Lipinski definition) is 2. The molecule has 128 valence electrons. The molecule has 3 rings (SSSR count). The van der Waals surface area contributed by atoms with E-state index in [1.54, 1.807) is 0 Å². The summed E-state index contributed by atoms with van der Waals surface area (Å²) >= 11 is 2.20. The van der Waals surface area contributed by atoms with Gasteiger partial charge in [-0.25, -0.2) is 8.78 Å². The zero-order valence-corrected chi connectivity index (χ0v) is 15.3. The van der Waals surface area contributed by atoms with Gasteiger partial charge in [-0.1, -0.05) is 59.0 Å². The summed E-state index contributed by atoms with van der Waals surface area (Å²) in [6, 6.07) is 13.7. The van der Waals surface area contributed by atoms with E-state index in [4.69, 9.17) is 9.47 Å². The fraction of sp³-hybridized carbons (Fsp3) is 0.368. The molecule has 5 heteroatoms. The van der Waals surface area contributed by atoms with Crippen LogP contribution < -0.4 is 0 Å². The van der Waals surface area contributed by atoms with E-state index in [2.05, 4.69) is 22.6 Å². The van der Waals surface area contributed by atoms with Crippen LogP contribution in [0.4, 0.5) is 8.78 Å². The summed E-state index contributed by atoms with van der Waals surface area (Å²) in [5.74, 6) is -0.911. The van der Waals surface area contributed by atoms with Crippen LogP contribution in [0.5, 0.6) is 0 Å². The van der Waals surface area contributed by atoms with Gasteiger partial charge in [0.15, 0.2) is 0 Å². The van der Waals surface area contributed by atoms with Crippen LogP contribution in [-0.2, 0) is 21.7 Å². The Morgan fingerprint density at radius 3 is 2.67 bits per heavy atom. The molecule has 1 aliphatic heterocycles. The normalized spacial score (nSPS) is 23.5. The van der Waals surface area contributed by atoms with Crippen molar-refractivity contribution in [1.82, 2.24) is 0 Å². The molecule has 0 amide bonds. The van der Waals surface area contributed by atoms with Gasteiger partial charge in [-0.2, -0.15) is 0 Å². The Hall–Kier alpha value is -1.05. The van der Waals surface area contributed by atoms with E-state index in [1.165, 1.54) is 12.1 Å². The van der Waals surface area contributed by atoms with E-state index in [0.717, 1.165) is 11.6 Å². The molecule has 0 N–H and O–H groups in total. The van der Waals surface area contributed by atoms with E-state index >= 15 is 0 Å². The second kappa shape index (κ2) is 7.89. The summed E-state index contributed by atoms with van der Waals surface area (Å²) in [5, 5.41) is 0. The molecule has 2 aromatic carbocycles. The average molecular weight is 444 g/mol. The largest absolute Gasteiger partial charge is 0.376 e. The molecular formula is C19H19F2IO2. The zero-order chi connectivity index (χ0) is 17.0. The minimum absolute atomic E-state index is 0.202. The number of alkyl halides is 1. The standard InChI is InChI=1S/C19H19F2IO2/c20-16-6-7-17(18(21)8-16)19(13-22)9-15(12-24-19)11-23-10-14-4-2-1-3-5-14/h1-8,15H,9-13H2/t15-,19+/m1/s1. The molecule has 2 atom stereocenters. The lowest BCUT2D eigenvalue weighted by atomic mass is 9.89. The first-order valence-electron chi connectivity index (χ1n) is 7.90. The van der Waals surface area contributed by atoms with Gasteiger partial charge in [0, 0.05) is 22.0 Å². The van der Waals surface area contributed by atoms with Gasteiger partial charge >= 0.3 is 0 Å². The molecule has 2 aromatic rings. The van der Waals surface area contributed by atoms with Crippen molar-refractivity contribution in [2.75, 3.05) is 17.6 Å². The summed E-state index contributed by atoms with van der Waals surface area (Å²) < 4.78 is 39.7. The summed E-state index contributed by atoms with van der Waals surface area (Å²) in [6.07, 6.45) is 0.674. The number of ether oxygens (including phenoxy) is 2. The van der Waals surface area contributed by atoms with Crippen molar-refractivity contribution in [2.45, 2.75) is 18.6 Å². The highest BCUT2D eigenvalue weighted by Gasteiger charge is 2.42. The number of halogens is 3. The highest BCUT2D eigenvalue weighted by atomic mass is 127. The third-order valence-corrected chi connectivity index (χ3v) is 5.55. The van der Waals surface area contributed by atoms with Crippen molar-refractivity contribution >= 4 is 22.6 Å². The average Bonchev–Trinajstić information content (AvgIpc) is 3.00. The highest BCUT2D eigenvalue weighted by Crippen LogP contribution is 2.42. The van der Waals surface area contributed by atoms with Gasteiger partial charge in [0.1, 0.15) is 17.2 Å². The lowest BCUT2D eigenvalue weighted by molar-refractivity contribution is 0.0165. The third-order valence-electron chi connectivity index (χ3n) is 4.32. The van der Waals surface area contributed by atoms with Crippen molar-refractivity contribution in [1.29, 1.82) is 0 Å². The van der Waals surface area contributed by atoms with Gasteiger partial charge in [-0.05, 0) is 18.1 Å².